The third-order valence-corrected chi connectivity index (χ3v) is 5.54. The Morgan fingerprint density at radius 2 is 1.27 bits per heavy atom. The maximum Gasteiger partial charge on any atom is 0.513 e. The number of ether oxygens (including phenoxy) is 2. The average molecular weight is 495 g/mol. The van der Waals surface area contributed by atoms with Gasteiger partial charge in [0.25, 0.3) is 11.8 Å². The van der Waals surface area contributed by atoms with E-state index in [9.17, 15) is 14.4 Å². The van der Waals surface area contributed by atoms with Gasteiger partial charge in [-0.3, -0.25) is 9.59 Å². The van der Waals surface area contributed by atoms with E-state index >= 15 is 0 Å². The van der Waals surface area contributed by atoms with E-state index in [-0.39, 0.29) is 30.7 Å². The minimum atomic E-state index is -0.800. The maximum atomic E-state index is 12.9. The highest BCUT2D eigenvalue weighted by molar-refractivity contribution is 6.05. The number of nitrogens with one attached hydrogen (secondary N) is 2. The van der Waals surface area contributed by atoms with Crippen molar-refractivity contribution >= 4 is 23.7 Å². The molecule has 4 aromatic rings. The fourth-order valence-corrected chi connectivity index (χ4v) is 3.63. The van der Waals surface area contributed by atoms with Crippen molar-refractivity contribution in [1.29, 1.82) is 0 Å². The van der Waals surface area contributed by atoms with Gasteiger partial charge in [0.05, 0.1) is 6.61 Å². The topological polar surface area (TPSA) is 93.7 Å². The minimum Gasteiger partial charge on any atom is -0.434 e. The highest BCUT2D eigenvalue weighted by atomic mass is 16.7. The molecule has 0 aliphatic heterocycles. The largest absolute Gasteiger partial charge is 0.513 e. The summed E-state index contributed by atoms with van der Waals surface area (Å²) >= 11 is 0. The average Bonchev–Trinajstić information content (AvgIpc) is 2.93. The standard InChI is InChI=1S/C30H26N2O5/c1-2-36-30(35)37-26-18-16-23(17-19-26)28(33)31-20-25-10-6-7-11-27(25)32-29(34)24-14-12-22(13-15-24)21-8-4-3-5-9-21/h3-19H,2,20H2,1H3,(H,31,33)(H,32,34). The quantitative estimate of drug-likeness (QED) is 0.229. The summed E-state index contributed by atoms with van der Waals surface area (Å²) in [6.45, 7) is 2.10. The number of carbonyl (C=O) groups is 3. The lowest BCUT2D eigenvalue weighted by molar-refractivity contribution is 0.0950. The molecule has 4 rings (SSSR count). The number of amides is 2. The van der Waals surface area contributed by atoms with Crippen molar-refractivity contribution in [3.63, 3.8) is 0 Å². The van der Waals surface area contributed by atoms with Crippen LogP contribution in [0.3, 0.4) is 0 Å². The second kappa shape index (κ2) is 12.2. The smallest absolute Gasteiger partial charge is 0.434 e. The molecule has 0 saturated carbocycles. The van der Waals surface area contributed by atoms with E-state index in [1.165, 1.54) is 12.1 Å². The molecule has 0 fully saturated rings. The van der Waals surface area contributed by atoms with Gasteiger partial charge in [0.15, 0.2) is 0 Å². The Kier molecular flexibility index (Phi) is 8.29. The van der Waals surface area contributed by atoms with Gasteiger partial charge in [0, 0.05) is 23.4 Å². The zero-order valence-corrected chi connectivity index (χ0v) is 20.3. The molecular weight excluding hydrogens is 468 g/mol. The zero-order valence-electron chi connectivity index (χ0n) is 20.3. The molecular formula is C30H26N2O5. The number of hydrogen-bond donors (Lipinski definition) is 2. The molecule has 0 unspecified atom stereocenters. The molecule has 2 amide bonds. The normalized spacial score (nSPS) is 10.3. The van der Waals surface area contributed by atoms with Gasteiger partial charge in [-0.1, -0.05) is 60.7 Å². The van der Waals surface area contributed by atoms with Crippen LogP contribution in [-0.2, 0) is 11.3 Å². The molecule has 7 heteroatoms. The molecule has 0 atom stereocenters. The van der Waals surface area contributed by atoms with Crippen LogP contribution in [0.4, 0.5) is 10.5 Å². The van der Waals surface area contributed by atoms with Crippen LogP contribution in [-0.4, -0.2) is 24.6 Å². The Morgan fingerprint density at radius 1 is 0.676 bits per heavy atom. The highest BCUT2D eigenvalue weighted by Gasteiger charge is 2.12. The summed E-state index contributed by atoms with van der Waals surface area (Å²) in [6.07, 6.45) is -0.800. The molecule has 4 aromatic carbocycles. The summed E-state index contributed by atoms with van der Waals surface area (Å²) in [6, 6.07) is 30.8. The van der Waals surface area contributed by atoms with Crippen LogP contribution >= 0.6 is 0 Å². The van der Waals surface area contributed by atoms with E-state index < -0.39 is 6.16 Å². The zero-order chi connectivity index (χ0) is 26.0. The lowest BCUT2D eigenvalue weighted by Gasteiger charge is -2.13. The summed E-state index contributed by atoms with van der Waals surface area (Å²) in [5.74, 6) is -0.268. The summed E-state index contributed by atoms with van der Waals surface area (Å²) < 4.78 is 9.73. The number of benzene rings is 4. The third kappa shape index (κ3) is 6.82. The molecule has 0 heterocycles. The number of anilines is 1. The van der Waals surface area contributed by atoms with Crippen molar-refractivity contribution in [2.45, 2.75) is 13.5 Å². The number of hydrogen-bond acceptors (Lipinski definition) is 5. The molecule has 0 bridgehead atoms. The molecule has 0 saturated heterocycles. The van der Waals surface area contributed by atoms with Crippen molar-refractivity contribution in [2.24, 2.45) is 0 Å². The van der Waals surface area contributed by atoms with Gasteiger partial charge < -0.3 is 20.1 Å². The van der Waals surface area contributed by atoms with Crippen molar-refractivity contribution in [3.05, 3.63) is 120 Å². The van der Waals surface area contributed by atoms with Crippen LogP contribution in [0, 0.1) is 0 Å². The number of carbonyl (C=O) groups excluding carboxylic acids is 3. The summed E-state index contributed by atoms with van der Waals surface area (Å²) in [4.78, 5) is 36.9. The van der Waals surface area contributed by atoms with Crippen LogP contribution < -0.4 is 15.4 Å². The predicted molar refractivity (Wildman–Crippen MR) is 142 cm³/mol. The van der Waals surface area contributed by atoms with Crippen molar-refractivity contribution in [3.8, 4) is 16.9 Å². The second-order valence-electron chi connectivity index (χ2n) is 8.05. The Labute approximate surface area is 215 Å². The molecule has 0 aliphatic carbocycles. The van der Waals surface area contributed by atoms with Crippen LogP contribution in [0.5, 0.6) is 5.75 Å². The minimum absolute atomic E-state index is 0.210. The summed E-state index contributed by atoms with van der Waals surface area (Å²) in [5, 5.41) is 5.79. The monoisotopic (exact) mass is 494 g/mol. The van der Waals surface area contributed by atoms with E-state index in [4.69, 9.17) is 9.47 Å². The Hall–Kier alpha value is -4.91. The van der Waals surface area contributed by atoms with E-state index in [0.717, 1.165) is 16.7 Å². The van der Waals surface area contributed by atoms with Crippen molar-refractivity contribution in [1.82, 2.24) is 5.32 Å². The van der Waals surface area contributed by atoms with Gasteiger partial charge in [-0.25, -0.2) is 4.79 Å². The van der Waals surface area contributed by atoms with E-state index in [1.54, 1.807) is 37.3 Å². The number of rotatable bonds is 8. The van der Waals surface area contributed by atoms with Gasteiger partial charge in [-0.2, -0.15) is 0 Å². The van der Waals surface area contributed by atoms with E-state index in [1.807, 2.05) is 60.7 Å². The van der Waals surface area contributed by atoms with Crippen LogP contribution in [0.2, 0.25) is 0 Å². The molecule has 2 N–H and O–H groups in total. The highest BCUT2D eigenvalue weighted by Crippen LogP contribution is 2.21. The predicted octanol–water partition coefficient (Wildman–Crippen LogP) is 6.07. The lowest BCUT2D eigenvalue weighted by atomic mass is 10.0. The van der Waals surface area contributed by atoms with Gasteiger partial charge in [0.1, 0.15) is 5.75 Å². The SMILES string of the molecule is CCOC(=O)Oc1ccc(C(=O)NCc2ccccc2NC(=O)c2ccc(-c3ccccc3)cc2)cc1. The van der Waals surface area contributed by atoms with Crippen molar-refractivity contribution in [2.75, 3.05) is 11.9 Å². The summed E-state index contributed by atoms with van der Waals surface area (Å²) in [5.41, 5.74) is 4.41. The van der Waals surface area contributed by atoms with Crippen LogP contribution in [0.1, 0.15) is 33.2 Å². The van der Waals surface area contributed by atoms with Gasteiger partial charge in [0.2, 0.25) is 0 Å². The molecule has 37 heavy (non-hydrogen) atoms. The first-order valence-electron chi connectivity index (χ1n) is 11.8. The Balaban J connectivity index is 1.36. The van der Waals surface area contributed by atoms with Gasteiger partial charge in [-0.05, 0) is 66.1 Å². The fraction of sp³-hybridized carbons (Fsp3) is 0.100. The van der Waals surface area contributed by atoms with Crippen molar-refractivity contribution < 1.29 is 23.9 Å². The molecule has 0 aliphatic rings. The third-order valence-electron chi connectivity index (χ3n) is 5.54. The fourth-order valence-electron chi connectivity index (χ4n) is 3.63. The van der Waals surface area contributed by atoms with Gasteiger partial charge >= 0.3 is 6.16 Å². The first-order valence-corrected chi connectivity index (χ1v) is 11.8. The van der Waals surface area contributed by atoms with Crippen LogP contribution in [0.25, 0.3) is 11.1 Å². The van der Waals surface area contributed by atoms with E-state index in [0.29, 0.717) is 16.8 Å². The number of para-hydroxylation sites is 1. The van der Waals surface area contributed by atoms with E-state index in [2.05, 4.69) is 10.6 Å². The molecule has 0 aromatic heterocycles. The Bertz CT molecular complexity index is 1370. The second-order valence-corrected chi connectivity index (χ2v) is 8.05. The Morgan fingerprint density at radius 3 is 1.97 bits per heavy atom. The first kappa shape index (κ1) is 25.2. The molecule has 0 spiro atoms. The summed E-state index contributed by atoms with van der Waals surface area (Å²) in [7, 11) is 0. The lowest BCUT2D eigenvalue weighted by Crippen LogP contribution is -2.24. The first-order chi connectivity index (χ1) is 18.0. The molecule has 7 nitrogen and oxygen atoms in total. The maximum absolute atomic E-state index is 12.9. The van der Waals surface area contributed by atoms with Gasteiger partial charge in [-0.15, -0.1) is 0 Å². The van der Waals surface area contributed by atoms with Crippen LogP contribution in [0.15, 0.2) is 103 Å². The molecule has 0 radical (unpaired) electrons. The molecule has 186 valence electrons.